The Kier molecular flexibility index (Phi) is 16.7. The molecule has 0 bridgehead atoms. The molecule has 2 aliphatic heterocycles. The van der Waals surface area contributed by atoms with Crippen molar-refractivity contribution in [1.82, 2.24) is 28.7 Å². The highest BCUT2D eigenvalue weighted by molar-refractivity contribution is 9.10. The molecule has 4 aromatic carbocycles. The average Bonchev–Trinajstić information content (AvgIpc) is 4.02. The second-order valence-corrected chi connectivity index (χ2v) is 17.4. The number of benzene rings is 4. The zero-order valence-electron chi connectivity index (χ0n) is 38.5. The predicted octanol–water partition coefficient (Wildman–Crippen LogP) is 6.86. The summed E-state index contributed by atoms with van der Waals surface area (Å²) in [5.74, 6) is 0.743. The van der Waals surface area contributed by atoms with Gasteiger partial charge in [-0.1, -0.05) is 24.3 Å². The van der Waals surface area contributed by atoms with Crippen LogP contribution in [-0.2, 0) is 21.8 Å². The maximum absolute atomic E-state index is 13.4. The first-order valence-electron chi connectivity index (χ1n) is 23.0. The standard InChI is InChI=1S/C24H24F3N5O2.C14H12BrF3N4O.C10H14BNO3/c25-24(26,27)17-4-7-20-19(14-17)30-22(28-8-1-11-33)23-29-15-21(32(20)23)16-2-5-18(6-3-16)31-9-12-34-13-10-31;15-11-7-20-13-12(19-4-1-5-23)21-9-6-8(14(16,17)18)2-3-10(9)22(11)13;13-11(14)9-1-3-10(4-2-9)12-5-7-15-8-6-12/h2-7,14-15,33H,1,8-13H2,(H,28,30);2-3,6-7,23H,1,4-5H2,(H,19,21);1-4,13-14H,5-8H2. The van der Waals surface area contributed by atoms with Gasteiger partial charge in [-0.25, -0.2) is 19.9 Å². The van der Waals surface area contributed by atoms with Gasteiger partial charge in [-0.05, 0) is 94.9 Å². The Morgan fingerprint density at radius 2 is 1.04 bits per heavy atom. The van der Waals surface area contributed by atoms with E-state index in [4.69, 9.17) is 29.7 Å². The van der Waals surface area contributed by atoms with E-state index in [1.165, 1.54) is 12.1 Å². The van der Waals surface area contributed by atoms with Crippen LogP contribution < -0.4 is 25.9 Å². The number of aliphatic hydroxyl groups excluding tert-OH is 2. The molecule has 16 nitrogen and oxygen atoms in total. The van der Waals surface area contributed by atoms with E-state index >= 15 is 0 Å². The fraction of sp³-hybridized carbons (Fsp3) is 0.333. The second-order valence-electron chi connectivity index (χ2n) is 16.6. The number of morpholine rings is 2. The second kappa shape index (κ2) is 23.1. The fourth-order valence-corrected chi connectivity index (χ4v) is 8.60. The third kappa shape index (κ3) is 12.1. The van der Waals surface area contributed by atoms with Crippen molar-refractivity contribution in [2.75, 3.05) is 99.3 Å². The van der Waals surface area contributed by atoms with Gasteiger partial charge in [-0.15, -0.1) is 0 Å². The van der Waals surface area contributed by atoms with Crippen LogP contribution >= 0.6 is 15.9 Å². The molecule has 8 aromatic rings. The number of ether oxygens (including phenoxy) is 2. The zero-order chi connectivity index (χ0) is 51.0. The summed E-state index contributed by atoms with van der Waals surface area (Å²) in [6.45, 7) is 7.19. The molecule has 24 heteroatoms. The van der Waals surface area contributed by atoms with Gasteiger partial charge in [0.05, 0.1) is 77.7 Å². The highest BCUT2D eigenvalue weighted by Gasteiger charge is 2.32. The first-order chi connectivity index (χ1) is 34.6. The molecule has 2 aliphatic rings. The average molecular weight is 1070 g/mol. The third-order valence-corrected chi connectivity index (χ3v) is 12.4. The first-order valence-corrected chi connectivity index (χ1v) is 23.8. The summed E-state index contributed by atoms with van der Waals surface area (Å²) >= 11 is 3.34. The summed E-state index contributed by atoms with van der Waals surface area (Å²) in [6, 6.07) is 22.3. The predicted molar refractivity (Wildman–Crippen MR) is 267 cm³/mol. The Bertz CT molecular complexity index is 3080. The molecule has 0 atom stereocenters. The molecule has 0 saturated carbocycles. The largest absolute Gasteiger partial charge is 0.488 e. The third-order valence-electron chi connectivity index (χ3n) is 11.8. The quantitative estimate of drug-likeness (QED) is 0.0423. The molecule has 10 rings (SSSR count). The molecule has 0 aliphatic carbocycles. The van der Waals surface area contributed by atoms with Crippen molar-refractivity contribution in [1.29, 1.82) is 0 Å². The smallest absolute Gasteiger partial charge is 0.423 e. The van der Waals surface area contributed by atoms with Crippen LogP contribution in [0.3, 0.4) is 0 Å². The number of anilines is 4. The zero-order valence-corrected chi connectivity index (χ0v) is 40.1. The number of nitrogens with one attached hydrogen (secondary N) is 2. The van der Waals surface area contributed by atoms with Crippen LogP contribution in [0.5, 0.6) is 0 Å². The van der Waals surface area contributed by atoms with Crippen LogP contribution in [0.4, 0.5) is 49.4 Å². The number of aromatic nitrogens is 6. The number of fused-ring (bicyclic) bond motifs is 6. The van der Waals surface area contributed by atoms with Crippen LogP contribution in [0.2, 0.25) is 0 Å². The minimum Gasteiger partial charge on any atom is -0.423 e. The van der Waals surface area contributed by atoms with Crippen LogP contribution in [0.25, 0.3) is 44.6 Å². The van der Waals surface area contributed by atoms with E-state index < -0.39 is 30.6 Å². The molecule has 0 unspecified atom stereocenters. The molecule has 4 aromatic heterocycles. The molecule has 2 saturated heterocycles. The molecule has 380 valence electrons. The van der Waals surface area contributed by atoms with Gasteiger partial charge in [0.15, 0.2) is 22.9 Å². The van der Waals surface area contributed by atoms with Crippen molar-refractivity contribution in [3.05, 3.63) is 113 Å². The van der Waals surface area contributed by atoms with Crippen molar-refractivity contribution in [2.24, 2.45) is 0 Å². The molecule has 0 spiro atoms. The Morgan fingerprint density at radius 1 is 0.597 bits per heavy atom. The Labute approximate surface area is 417 Å². The number of alkyl halides is 6. The van der Waals surface area contributed by atoms with Gasteiger partial charge in [0.2, 0.25) is 0 Å². The summed E-state index contributed by atoms with van der Waals surface area (Å²) < 4.78 is 93.6. The maximum Gasteiger partial charge on any atom is 0.488 e. The molecular weight excluding hydrogens is 1020 g/mol. The van der Waals surface area contributed by atoms with Crippen LogP contribution in [0, 0.1) is 0 Å². The summed E-state index contributed by atoms with van der Waals surface area (Å²) in [7, 11) is -1.39. The highest BCUT2D eigenvalue weighted by atomic mass is 79.9. The van der Waals surface area contributed by atoms with Crippen LogP contribution in [-0.4, -0.2) is 135 Å². The molecule has 0 amide bonds. The number of nitrogens with zero attached hydrogens (tertiary/aromatic N) is 8. The van der Waals surface area contributed by atoms with E-state index in [1.807, 2.05) is 40.8 Å². The highest BCUT2D eigenvalue weighted by Crippen LogP contribution is 2.36. The van der Waals surface area contributed by atoms with Gasteiger partial charge in [0.25, 0.3) is 0 Å². The SMILES string of the molecule is OB(O)c1ccc(N2CCOCC2)cc1.OCCCNc1nc2cc(C(F)(F)F)ccc2n2c(-c3ccc(N4CCOCC4)cc3)cnc12.OCCCNc1nc2cc(C(F)(F)F)ccc2n2c(Br)cnc12. The summed E-state index contributed by atoms with van der Waals surface area (Å²) in [5.41, 5.74) is 5.31. The lowest BCUT2D eigenvalue weighted by Gasteiger charge is -2.28. The van der Waals surface area contributed by atoms with Crippen LogP contribution in [0.15, 0.2) is 102 Å². The topological polar surface area (TPSA) is 190 Å². The molecule has 72 heavy (non-hydrogen) atoms. The van der Waals surface area contributed by atoms with Gasteiger partial charge >= 0.3 is 19.5 Å². The van der Waals surface area contributed by atoms with Crippen molar-refractivity contribution in [2.45, 2.75) is 25.2 Å². The van der Waals surface area contributed by atoms with Gasteiger partial charge in [-0.3, -0.25) is 8.80 Å². The molecule has 6 heterocycles. The molecule has 6 N–H and O–H groups in total. The van der Waals surface area contributed by atoms with Crippen molar-refractivity contribution in [3.8, 4) is 11.3 Å². The summed E-state index contributed by atoms with van der Waals surface area (Å²) in [5, 5.41) is 41.9. The lowest BCUT2D eigenvalue weighted by molar-refractivity contribution is -0.138. The molecule has 0 radical (unpaired) electrons. The van der Waals surface area contributed by atoms with E-state index in [1.54, 1.807) is 28.9 Å². The van der Waals surface area contributed by atoms with Crippen LogP contribution in [0.1, 0.15) is 24.0 Å². The number of aliphatic hydroxyl groups is 2. The lowest BCUT2D eigenvalue weighted by Crippen LogP contribution is -2.36. The van der Waals surface area contributed by atoms with E-state index in [2.05, 4.69) is 56.3 Å². The molecule has 2 fully saturated rings. The van der Waals surface area contributed by atoms with Crippen molar-refractivity contribution in [3.63, 3.8) is 0 Å². The van der Waals surface area contributed by atoms with E-state index in [-0.39, 0.29) is 24.2 Å². The van der Waals surface area contributed by atoms with Gasteiger partial charge < -0.3 is 50.2 Å². The normalized spacial score (nSPS) is 14.3. The Morgan fingerprint density at radius 3 is 1.50 bits per heavy atom. The first kappa shape index (κ1) is 52.1. The van der Waals surface area contributed by atoms with E-state index in [9.17, 15) is 26.3 Å². The van der Waals surface area contributed by atoms with Gasteiger partial charge in [0.1, 0.15) is 4.60 Å². The number of halogens is 7. The number of hydrogen-bond donors (Lipinski definition) is 6. The lowest BCUT2D eigenvalue weighted by atomic mass is 9.80. The van der Waals surface area contributed by atoms with Gasteiger partial charge in [-0.2, -0.15) is 26.3 Å². The Hall–Kier alpha value is -6.28. The number of rotatable bonds is 12. The van der Waals surface area contributed by atoms with Gasteiger partial charge in [0, 0.05) is 69.4 Å². The minimum absolute atomic E-state index is 0.00717. The summed E-state index contributed by atoms with van der Waals surface area (Å²) in [4.78, 5) is 21.9. The minimum atomic E-state index is -4.47. The van der Waals surface area contributed by atoms with E-state index in [0.29, 0.717) is 83.2 Å². The van der Waals surface area contributed by atoms with Crippen molar-refractivity contribution < 1.29 is 56.1 Å². The Balaban J connectivity index is 0.000000157. The summed E-state index contributed by atoms with van der Waals surface area (Å²) in [6.07, 6.45) is -4.66. The number of hydrogen-bond acceptors (Lipinski definition) is 14. The maximum atomic E-state index is 13.4. The monoisotopic (exact) mass is 1070 g/mol. The van der Waals surface area contributed by atoms with E-state index in [0.717, 1.165) is 86.3 Å². The van der Waals surface area contributed by atoms with Crippen molar-refractivity contribution >= 4 is 84.9 Å². The fourth-order valence-electron chi connectivity index (χ4n) is 8.14. The number of imidazole rings is 2. The molecular formula is C48H50BBrF6N10O6.